The minimum atomic E-state index is -1.00. The van der Waals surface area contributed by atoms with Gasteiger partial charge >= 0.3 is 11.9 Å². The quantitative estimate of drug-likeness (QED) is 0.215. The molecule has 11 nitrogen and oxygen atoms in total. The molecule has 1 aromatic heterocycles. The first-order chi connectivity index (χ1) is 20.6. The Hall–Kier alpha value is -2.34. The predicted molar refractivity (Wildman–Crippen MR) is 164 cm³/mol. The van der Waals surface area contributed by atoms with Crippen LogP contribution in [0.5, 0.6) is 0 Å². The van der Waals surface area contributed by atoms with E-state index in [1.807, 2.05) is 10.9 Å². The summed E-state index contributed by atoms with van der Waals surface area (Å²) >= 11 is 0. The lowest BCUT2D eigenvalue weighted by Gasteiger charge is -2.71. The number of carboxylic acid groups (broad SMARTS) is 1. The number of esters is 1. The van der Waals surface area contributed by atoms with E-state index in [-0.39, 0.29) is 18.4 Å². The topological polar surface area (TPSA) is 187 Å². The van der Waals surface area contributed by atoms with E-state index in [2.05, 4.69) is 44.9 Å². The molecule has 0 spiro atoms. The minimum absolute atomic E-state index is 0.191. The van der Waals surface area contributed by atoms with Crippen molar-refractivity contribution in [3.8, 4) is 0 Å². The zero-order chi connectivity index (χ0) is 32.4. The molecule has 0 amide bonds. The molecule has 0 saturated heterocycles. The number of hydrogen-bond donors (Lipinski definition) is 5. The van der Waals surface area contributed by atoms with Gasteiger partial charge in [-0.05, 0) is 74.2 Å². The summed E-state index contributed by atoms with van der Waals surface area (Å²) in [5, 5.41) is 42.8. The van der Waals surface area contributed by atoms with Crippen LogP contribution in [0.1, 0.15) is 105 Å². The molecule has 4 aliphatic rings. The lowest BCUT2D eigenvalue weighted by atomic mass is 9.37. The minimum Gasteiger partial charge on any atom is -0.478 e. The Labute approximate surface area is 260 Å². The molecule has 11 heteroatoms. The highest BCUT2D eigenvalue weighted by molar-refractivity contribution is 5.88. The Kier molecular flexibility index (Phi) is 8.61. The smallest absolute Gasteiger partial charge is 0.331 e. The van der Waals surface area contributed by atoms with E-state index in [0.717, 1.165) is 6.42 Å². The molecule has 1 aromatic rings. The van der Waals surface area contributed by atoms with E-state index >= 15 is 0 Å². The number of aliphatic hydroxyl groups is 2. The number of aliphatic hydroxyl groups excluding tert-OH is 2. The number of carboxylic acids is 1. The van der Waals surface area contributed by atoms with Gasteiger partial charge in [-0.1, -0.05) is 46.3 Å². The molecule has 4 saturated carbocycles. The fourth-order valence-corrected chi connectivity index (χ4v) is 10.6. The van der Waals surface area contributed by atoms with Crippen molar-refractivity contribution in [1.82, 2.24) is 15.0 Å². The molecule has 0 unspecified atom stereocenters. The van der Waals surface area contributed by atoms with E-state index in [1.54, 1.807) is 0 Å². The van der Waals surface area contributed by atoms with Crippen LogP contribution in [0.25, 0.3) is 0 Å². The van der Waals surface area contributed by atoms with Gasteiger partial charge in [-0.25, -0.2) is 9.48 Å². The number of rotatable bonds is 8. The fraction of sp³-hybridized carbons (Fsp3) is 0.818. The molecule has 4 fully saturated rings. The lowest BCUT2D eigenvalue weighted by Crippen LogP contribution is -2.78. The average Bonchev–Trinajstić information content (AvgIpc) is 3.52. The summed E-state index contributed by atoms with van der Waals surface area (Å²) in [5.74, 6) is -1.97. The summed E-state index contributed by atoms with van der Waals surface area (Å²) in [6.45, 7) is 12.2. The molecule has 0 aromatic carbocycles. The Morgan fingerprint density at radius 2 is 1.86 bits per heavy atom. The number of aromatic nitrogens is 3. The lowest BCUT2D eigenvalue weighted by molar-refractivity contribution is -0.237. The molecular weight excluding hydrogens is 562 g/mol. The van der Waals surface area contributed by atoms with Crippen LogP contribution in [0.4, 0.5) is 0 Å². The summed E-state index contributed by atoms with van der Waals surface area (Å²) in [6.07, 6.45) is 4.74. The molecule has 0 aliphatic heterocycles. The van der Waals surface area contributed by atoms with Crippen molar-refractivity contribution < 1.29 is 29.6 Å². The van der Waals surface area contributed by atoms with Gasteiger partial charge in [0.1, 0.15) is 6.10 Å². The van der Waals surface area contributed by atoms with Crippen molar-refractivity contribution in [2.75, 3.05) is 0 Å². The van der Waals surface area contributed by atoms with Crippen LogP contribution in [0.3, 0.4) is 0 Å². The summed E-state index contributed by atoms with van der Waals surface area (Å²) in [6, 6.07) is 0. The maximum Gasteiger partial charge on any atom is 0.331 e. The zero-order valence-corrected chi connectivity index (χ0v) is 27.3. The van der Waals surface area contributed by atoms with Crippen LogP contribution in [-0.2, 0) is 26.4 Å². The second-order valence-corrected chi connectivity index (χ2v) is 15.2. The maximum absolute atomic E-state index is 12.8. The first-order valence-corrected chi connectivity index (χ1v) is 16.5. The third-order valence-electron chi connectivity index (χ3n) is 12.7. The van der Waals surface area contributed by atoms with E-state index < -0.39 is 58.1 Å². The van der Waals surface area contributed by atoms with Crippen LogP contribution in [0, 0.1) is 34.5 Å². The van der Waals surface area contributed by atoms with Gasteiger partial charge in [0.2, 0.25) is 0 Å². The SMILES string of the molecule is CC(=O)O[C@H]1C[C@@]2(C)[C@@H](C[C@@H](O)[C@@H]3[C@]2(N)CC[C@@]2(n4cc(CN)nn4)[C@H](C)[C@H](O)CC[C@]32C)/C1=C(\CCCC(C)C)C(=O)O. The molecular formula is C33H53N5O6. The standard InChI is InChI=1S/C33H53N5O6/c1-18(2)8-7-9-22(29(42)43)27-23-14-25(41)28-30(5)11-10-24(40)19(3)33(30,38-17-21(16-34)36-37-38)13-12-32(28,35)31(23,6)15-26(27)44-20(4)39/h17-19,23-26,28,40-41H,7-16,34-35H2,1-6H3,(H,42,43)/b27-22-/t19-,23+,24-,25-,26+,28+,30-,31+,32-,33-/m1/s1. The number of ether oxygens (including phenoxy) is 1. The van der Waals surface area contributed by atoms with Gasteiger partial charge in [0, 0.05) is 41.8 Å². The van der Waals surface area contributed by atoms with Crippen molar-refractivity contribution in [2.45, 2.75) is 135 Å². The monoisotopic (exact) mass is 615 g/mol. The molecule has 0 bridgehead atoms. The molecule has 246 valence electrons. The van der Waals surface area contributed by atoms with Crippen molar-refractivity contribution in [3.05, 3.63) is 23.0 Å². The second kappa shape index (κ2) is 11.5. The van der Waals surface area contributed by atoms with E-state index in [4.69, 9.17) is 16.2 Å². The van der Waals surface area contributed by atoms with Crippen molar-refractivity contribution >= 4 is 11.9 Å². The third-order valence-corrected chi connectivity index (χ3v) is 12.7. The highest BCUT2D eigenvalue weighted by atomic mass is 16.5. The molecule has 7 N–H and O–H groups in total. The van der Waals surface area contributed by atoms with Crippen LogP contribution >= 0.6 is 0 Å². The van der Waals surface area contributed by atoms with Crippen molar-refractivity contribution in [3.63, 3.8) is 0 Å². The number of fused-ring (bicyclic) bond motifs is 5. The fourth-order valence-electron chi connectivity index (χ4n) is 10.6. The second-order valence-electron chi connectivity index (χ2n) is 15.2. The number of nitrogens with two attached hydrogens (primary N) is 2. The van der Waals surface area contributed by atoms with E-state index in [0.29, 0.717) is 74.1 Å². The summed E-state index contributed by atoms with van der Waals surface area (Å²) in [7, 11) is 0. The number of carbonyl (C=O) groups is 2. The normalized spacial score (nSPS) is 42.8. The summed E-state index contributed by atoms with van der Waals surface area (Å²) in [4.78, 5) is 25.2. The van der Waals surface area contributed by atoms with Crippen molar-refractivity contribution in [1.29, 1.82) is 0 Å². The number of hydrogen-bond acceptors (Lipinski definition) is 9. The Morgan fingerprint density at radius 1 is 1.16 bits per heavy atom. The molecule has 44 heavy (non-hydrogen) atoms. The van der Waals surface area contributed by atoms with Gasteiger partial charge < -0.3 is 31.5 Å². The van der Waals surface area contributed by atoms with Gasteiger partial charge in [0.05, 0.1) is 29.6 Å². The highest BCUT2D eigenvalue weighted by Crippen LogP contribution is 2.72. The van der Waals surface area contributed by atoms with Gasteiger partial charge in [-0.2, -0.15) is 0 Å². The van der Waals surface area contributed by atoms with E-state index in [9.17, 15) is 24.9 Å². The number of aliphatic carboxylic acids is 1. The Bertz CT molecular complexity index is 1310. The van der Waals surface area contributed by atoms with Crippen LogP contribution in [0.15, 0.2) is 17.3 Å². The summed E-state index contributed by atoms with van der Waals surface area (Å²) < 4.78 is 7.79. The molecule has 0 radical (unpaired) electrons. The Morgan fingerprint density at radius 3 is 2.45 bits per heavy atom. The molecule has 4 aliphatic carbocycles. The first-order valence-electron chi connectivity index (χ1n) is 16.5. The number of carbonyl (C=O) groups excluding carboxylic acids is 1. The van der Waals surface area contributed by atoms with Crippen molar-refractivity contribution in [2.24, 2.45) is 46.0 Å². The average molecular weight is 616 g/mol. The molecule has 5 rings (SSSR count). The van der Waals surface area contributed by atoms with Gasteiger partial charge in [-0.15, -0.1) is 5.10 Å². The Balaban J connectivity index is 1.65. The van der Waals surface area contributed by atoms with E-state index in [1.165, 1.54) is 6.92 Å². The van der Waals surface area contributed by atoms with Gasteiger partial charge in [-0.3, -0.25) is 4.79 Å². The first kappa shape index (κ1) is 33.0. The van der Waals surface area contributed by atoms with Crippen LogP contribution in [-0.4, -0.2) is 66.1 Å². The maximum atomic E-state index is 12.8. The zero-order valence-electron chi connectivity index (χ0n) is 27.3. The molecule has 1 heterocycles. The highest BCUT2D eigenvalue weighted by Gasteiger charge is 2.75. The number of nitrogens with zero attached hydrogens (tertiary/aromatic N) is 3. The largest absolute Gasteiger partial charge is 0.478 e. The van der Waals surface area contributed by atoms with Gasteiger partial charge in [0.25, 0.3) is 0 Å². The third kappa shape index (κ3) is 4.67. The summed E-state index contributed by atoms with van der Waals surface area (Å²) in [5.41, 5.74) is 12.4. The van der Waals surface area contributed by atoms with Crippen LogP contribution in [0.2, 0.25) is 0 Å². The van der Waals surface area contributed by atoms with Crippen LogP contribution < -0.4 is 11.5 Å². The van der Waals surface area contributed by atoms with Gasteiger partial charge in [0.15, 0.2) is 0 Å². The molecule has 10 atom stereocenters. The predicted octanol–water partition coefficient (Wildman–Crippen LogP) is 3.27.